The van der Waals surface area contributed by atoms with Crippen LogP contribution in [0.15, 0.2) is 0 Å². The van der Waals surface area contributed by atoms with Crippen LogP contribution >= 0.6 is 11.8 Å². The Bertz CT molecular complexity index is 387. The Hall–Kier alpha value is -0.750. The molecule has 2 heterocycles. The maximum atomic E-state index is 12.0. The fourth-order valence-electron chi connectivity index (χ4n) is 2.66. The number of amides is 1. The fraction of sp³-hybridized carbons (Fsp3) is 0.818. The van der Waals surface area contributed by atoms with Crippen molar-refractivity contribution in [1.29, 1.82) is 0 Å². The minimum atomic E-state index is -1.10. The van der Waals surface area contributed by atoms with Crippen LogP contribution in [-0.2, 0) is 9.59 Å². The summed E-state index contributed by atoms with van der Waals surface area (Å²) in [5.41, 5.74) is -1.10. The number of nitrogens with zero attached hydrogens (tertiary/aromatic N) is 1. The first-order valence-corrected chi connectivity index (χ1v) is 6.40. The van der Waals surface area contributed by atoms with Crippen molar-refractivity contribution in [2.75, 3.05) is 0 Å². The number of aliphatic hydroxyl groups is 1. The second kappa shape index (κ2) is 3.38. The molecule has 0 aromatic heterocycles. The van der Waals surface area contributed by atoms with Crippen LogP contribution in [-0.4, -0.2) is 48.8 Å². The number of carbonyl (C=O) groups excluding carboxylic acids is 1. The lowest BCUT2D eigenvalue weighted by Crippen LogP contribution is -2.67. The highest BCUT2D eigenvalue weighted by atomic mass is 32.2. The maximum absolute atomic E-state index is 12.0. The molecule has 6 heteroatoms. The molecule has 0 saturated carbocycles. The first kappa shape index (κ1) is 12.7. The summed E-state index contributed by atoms with van der Waals surface area (Å²) in [7, 11) is 0. The van der Waals surface area contributed by atoms with Crippen molar-refractivity contribution >= 4 is 23.6 Å². The molecule has 2 rings (SSSR count). The number of carboxylic acids is 1. The van der Waals surface area contributed by atoms with E-state index in [4.69, 9.17) is 0 Å². The van der Waals surface area contributed by atoms with E-state index in [1.807, 2.05) is 13.8 Å². The van der Waals surface area contributed by atoms with Gasteiger partial charge in [0.15, 0.2) is 0 Å². The molecule has 2 fully saturated rings. The van der Waals surface area contributed by atoms with Crippen LogP contribution in [0.2, 0.25) is 0 Å². The lowest BCUT2D eigenvalue weighted by atomic mass is 9.81. The van der Waals surface area contributed by atoms with E-state index in [0.29, 0.717) is 0 Å². The summed E-state index contributed by atoms with van der Waals surface area (Å²) in [4.78, 5) is 24.6. The van der Waals surface area contributed by atoms with Crippen LogP contribution in [0.25, 0.3) is 0 Å². The molecule has 0 radical (unpaired) electrons. The molecular weight excluding hydrogens is 242 g/mol. The van der Waals surface area contributed by atoms with Gasteiger partial charge in [0.2, 0.25) is 5.91 Å². The SMILES string of the molecule is CC(C)(O)[C@@H]1C(=O)N2[C@@H]1SC(C)(C)[C@@H]2C(=O)O. The Labute approximate surface area is 104 Å². The van der Waals surface area contributed by atoms with Crippen LogP contribution in [0, 0.1) is 5.92 Å². The van der Waals surface area contributed by atoms with Gasteiger partial charge in [0.1, 0.15) is 6.04 Å². The van der Waals surface area contributed by atoms with E-state index in [0.717, 1.165) is 0 Å². The molecule has 2 aliphatic heterocycles. The van der Waals surface area contributed by atoms with Gasteiger partial charge in [-0.3, -0.25) is 4.79 Å². The predicted octanol–water partition coefficient (Wildman–Crippen LogP) is 0.520. The molecule has 3 atom stereocenters. The van der Waals surface area contributed by atoms with Crippen molar-refractivity contribution < 1.29 is 19.8 Å². The summed E-state index contributed by atoms with van der Waals surface area (Å²) in [5, 5.41) is 18.9. The molecule has 0 aromatic rings. The molecule has 0 unspecified atom stereocenters. The third-order valence-corrected chi connectivity index (χ3v) is 5.01. The normalized spacial score (nSPS) is 35.5. The average molecular weight is 259 g/mol. The molecule has 1 amide bonds. The maximum Gasteiger partial charge on any atom is 0.327 e. The average Bonchev–Trinajstić information content (AvgIpc) is 2.31. The number of thioether (sulfide) groups is 1. The Morgan fingerprint density at radius 1 is 1.47 bits per heavy atom. The number of β-lactam (4-membered cyclic amide) rings is 1. The zero-order chi connectivity index (χ0) is 13.2. The molecule has 0 bridgehead atoms. The standard InChI is InChI=1S/C11H17NO4S/c1-10(2,16)5-7(13)12-6(9(14)15)11(3,4)17-8(5)12/h5-6,8,16H,1-4H3,(H,14,15)/t5-,6+,8-/m1/s1. The van der Waals surface area contributed by atoms with Gasteiger partial charge in [0.05, 0.1) is 16.9 Å². The van der Waals surface area contributed by atoms with E-state index in [1.165, 1.54) is 16.7 Å². The van der Waals surface area contributed by atoms with Gasteiger partial charge in [-0.25, -0.2) is 4.79 Å². The first-order valence-electron chi connectivity index (χ1n) is 5.52. The van der Waals surface area contributed by atoms with Crippen molar-refractivity contribution in [2.24, 2.45) is 5.92 Å². The highest BCUT2D eigenvalue weighted by molar-refractivity contribution is 8.01. The summed E-state index contributed by atoms with van der Waals surface area (Å²) < 4.78 is -0.522. The van der Waals surface area contributed by atoms with E-state index in [2.05, 4.69) is 0 Å². The van der Waals surface area contributed by atoms with Crippen LogP contribution < -0.4 is 0 Å². The number of fused-ring (bicyclic) bond motifs is 1. The zero-order valence-electron chi connectivity index (χ0n) is 10.3. The number of rotatable bonds is 2. The Morgan fingerprint density at radius 3 is 2.41 bits per heavy atom. The van der Waals surface area contributed by atoms with Gasteiger partial charge in [-0.2, -0.15) is 0 Å². The number of carbonyl (C=O) groups is 2. The van der Waals surface area contributed by atoms with Gasteiger partial charge < -0.3 is 15.1 Å². The van der Waals surface area contributed by atoms with E-state index < -0.39 is 28.3 Å². The van der Waals surface area contributed by atoms with Crippen LogP contribution in [0.3, 0.4) is 0 Å². The summed E-state index contributed by atoms with van der Waals surface area (Å²) in [6.45, 7) is 6.83. The second-order valence-electron chi connectivity index (χ2n) is 5.73. The number of aliphatic carboxylic acids is 1. The van der Waals surface area contributed by atoms with Crippen molar-refractivity contribution in [3.8, 4) is 0 Å². The third kappa shape index (κ3) is 1.65. The Morgan fingerprint density at radius 2 is 2.00 bits per heavy atom. The van der Waals surface area contributed by atoms with Crippen LogP contribution in [0.5, 0.6) is 0 Å². The van der Waals surface area contributed by atoms with Gasteiger partial charge in [-0.1, -0.05) is 0 Å². The van der Waals surface area contributed by atoms with Crippen LogP contribution in [0.1, 0.15) is 27.7 Å². The Balaban J connectivity index is 2.31. The Kier molecular flexibility index (Phi) is 2.53. The van der Waals surface area contributed by atoms with Gasteiger partial charge in [-0.15, -0.1) is 11.8 Å². The molecule has 5 nitrogen and oxygen atoms in total. The number of carboxylic acid groups (broad SMARTS) is 1. The minimum absolute atomic E-state index is 0.224. The molecule has 0 spiro atoms. The molecule has 2 aliphatic rings. The van der Waals surface area contributed by atoms with Crippen molar-refractivity contribution in [3.05, 3.63) is 0 Å². The third-order valence-electron chi connectivity index (χ3n) is 3.44. The van der Waals surface area contributed by atoms with Gasteiger partial charge >= 0.3 is 5.97 Å². The molecular formula is C11H17NO4S. The number of hydrogen-bond donors (Lipinski definition) is 2. The smallest absolute Gasteiger partial charge is 0.327 e. The highest BCUT2D eigenvalue weighted by Crippen LogP contribution is 2.55. The molecule has 0 aromatic carbocycles. The lowest BCUT2D eigenvalue weighted by Gasteiger charge is -2.48. The van der Waals surface area contributed by atoms with Gasteiger partial charge in [-0.05, 0) is 27.7 Å². The van der Waals surface area contributed by atoms with Crippen molar-refractivity contribution in [2.45, 2.75) is 49.5 Å². The van der Waals surface area contributed by atoms with Crippen LogP contribution in [0.4, 0.5) is 0 Å². The van der Waals surface area contributed by atoms with E-state index >= 15 is 0 Å². The summed E-state index contributed by atoms with van der Waals surface area (Å²) in [5.74, 6) is -1.74. The quantitative estimate of drug-likeness (QED) is 0.707. The molecule has 2 N–H and O–H groups in total. The topological polar surface area (TPSA) is 77.8 Å². The van der Waals surface area contributed by atoms with Crippen molar-refractivity contribution in [3.63, 3.8) is 0 Å². The highest BCUT2D eigenvalue weighted by Gasteiger charge is 2.66. The summed E-state index contributed by atoms with van der Waals surface area (Å²) in [6, 6.07) is -0.802. The largest absolute Gasteiger partial charge is 0.480 e. The molecule has 17 heavy (non-hydrogen) atoms. The molecule has 2 saturated heterocycles. The molecule has 96 valence electrons. The van der Waals surface area contributed by atoms with Gasteiger partial charge in [0, 0.05) is 4.75 Å². The van der Waals surface area contributed by atoms with E-state index in [-0.39, 0.29) is 11.3 Å². The predicted molar refractivity (Wildman–Crippen MR) is 63.5 cm³/mol. The van der Waals surface area contributed by atoms with Crippen molar-refractivity contribution in [1.82, 2.24) is 4.90 Å². The molecule has 0 aliphatic carbocycles. The lowest BCUT2D eigenvalue weighted by molar-refractivity contribution is -0.174. The fourth-order valence-corrected chi connectivity index (χ4v) is 4.55. The zero-order valence-corrected chi connectivity index (χ0v) is 11.1. The first-order chi connectivity index (χ1) is 7.57. The van der Waals surface area contributed by atoms with E-state index in [1.54, 1.807) is 13.8 Å². The minimum Gasteiger partial charge on any atom is -0.480 e. The summed E-state index contributed by atoms with van der Waals surface area (Å²) in [6.07, 6.45) is 0. The number of hydrogen-bond acceptors (Lipinski definition) is 4. The summed E-state index contributed by atoms with van der Waals surface area (Å²) >= 11 is 1.46. The van der Waals surface area contributed by atoms with Gasteiger partial charge in [0.25, 0.3) is 0 Å². The monoisotopic (exact) mass is 259 g/mol. The second-order valence-corrected chi connectivity index (χ2v) is 7.50. The van der Waals surface area contributed by atoms with E-state index in [9.17, 15) is 19.8 Å².